The van der Waals surface area contributed by atoms with E-state index < -0.39 is 11.7 Å². The molecular weight excluding hydrogens is 182 g/mol. The topological polar surface area (TPSA) is 69.6 Å². The molecule has 4 nitrogen and oxygen atoms in total. The molecule has 0 amide bonds. The van der Waals surface area contributed by atoms with Crippen LogP contribution in [0.25, 0.3) is 0 Å². The Morgan fingerprint density at radius 1 is 1.43 bits per heavy atom. The van der Waals surface area contributed by atoms with Crippen molar-refractivity contribution in [3.63, 3.8) is 0 Å². The van der Waals surface area contributed by atoms with E-state index in [0.717, 1.165) is 0 Å². The quantitative estimate of drug-likeness (QED) is 0.613. The van der Waals surface area contributed by atoms with Gasteiger partial charge in [0.05, 0.1) is 0 Å². The molecule has 1 aromatic carbocycles. The number of benzene rings is 1. The molecule has 0 bridgehead atoms. The summed E-state index contributed by atoms with van der Waals surface area (Å²) < 4.78 is 0. The summed E-state index contributed by atoms with van der Waals surface area (Å²) in [4.78, 5) is 10.9. The summed E-state index contributed by atoms with van der Waals surface area (Å²) in [5.74, 6) is -1.30. The number of carboxylic acids is 1. The number of aliphatic carboxylic acids is 1. The Kier molecular flexibility index (Phi) is 3.22. The third-order valence-corrected chi connectivity index (χ3v) is 1.93. The Balaban J connectivity index is 3.06. The van der Waals surface area contributed by atoms with Crippen LogP contribution >= 0.6 is 0 Å². The van der Waals surface area contributed by atoms with Gasteiger partial charge in [0, 0.05) is 5.56 Å². The molecule has 0 fully saturated rings. The van der Waals surface area contributed by atoms with Crippen molar-refractivity contribution in [2.24, 2.45) is 0 Å². The second-order valence-corrected chi connectivity index (χ2v) is 2.91. The van der Waals surface area contributed by atoms with Gasteiger partial charge in [0.1, 0.15) is 0 Å². The molecule has 0 saturated carbocycles. The standard InChI is InChI=1S/C10H13NO3/c1-2-11-10(14,9(12)13)8-6-4-3-5-7-8/h3-7,11,14H,2H2,1H3,(H,12,13). The molecule has 1 atom stereocenters. The van der Waals surface area contributed by atoms with Crippen LogP contribution in [0.4, 0.5) is 0 Å². The normalized spacial score (nSPS) is 14.7. The van der Waals surface area contributed by atoms with E-state index in [0.29, 0.717) is 12.1 Å². The highest BCUT2D eigenvalue weighted by molar-refractivity contribution is 5.78. The van der Waals surface area contributed by atoms with Gasteiger partial charge in [-0.25, -0.2) is 4.79 Å². The molecule has 0 heterocycles. The van der Waals surface area contributed by atoms with Crippen molar-refractivity contribution >= 4 is 5.97 Å². The zero-order valence-corrected chi connectivity index (χ0v) is 7.90. The van der Waals surface area contributed by atoms with Crippen LogP contribution in [0, 0.1) is 0 Å². The predicted molar refractivity (Wildman–Crippen MR) is 51.7 cm³/mol. The summed E-state index contributed by atoms with van der Waals surface area (Å²) in [7, 11) is 0. The number of aliphatic hydroxyl groups is 1. The fourth-order valence-electron chi connectivity index (χ4n) is 1.24. The summed E-state index contributed by atoms with van der Waals surface area (Å²) in [5, 5.41) is 21.3. The molecule has 0 aliphatic heterocycles. The van der Waals surface area contributed by atoms with Crippen LogP contribution in [0.1, 0.15) is 12.5 Å². The van der Waals surface area contributed by atoms with Gasteiger partial charge in [0.15, 0.2) is 0 Å². The van der Waals surface area contributed by atoms with Gasteiger partial charge in [0.25, 0.3) is 0 Å². The summed E-state index contributed by atoms with van der Waals surface area (Å²) in [6, 6.07) is 8.26. The van der Waals surface area contributed by atoms with E-state index in [1.165, 1.54) is 0 Å². The first-order valence-electron chi connectivity index (χ1n) is 4.37. The van der Waals surface area contributed by atoms with Crippen molar-refractivity contribution in [2.45, 2.75) is 12.6 Å². The van der Waals surface area contributed by atoms with Crippen LogP contribution in [0.5, 0.6) is 0 Å². The molecule has 3 N–H and O–H groups in total. The van der Waals surface area contributed by atoms with Crippen molar-refractivity contribution in [1.82, 2.24) is 5.32 Å². The Labute approximate surface area is 82.2 Å². The number of rotatable bonds is 4. The first-order chi connectivity index (χ1) is 6.61. The monoisotopic (exact) mass is 195 g/mol. The molecule has 4 heteroatoms. The van der Waals surface area contributed by atoms with Gasteiger partial charge >= 0.3 is 5.97 Å². The van der Waals surface area contributed by atoms with E-state index in [1.807, 2.05) is 0 Å². The Hall–Kier alpha value is -1.39. The average molecular weight is 195 g/mol. The van der Waals surface area contributed by atoms with Gasteiger partial charge in [0.2, 0.25) is 5.72 Å². The van der Waals surface area contributed by atoms with Gasteiger partial charge in [-0.15, -0.1) is 0 Å². The summed E-state index contributed by atoms with van der Waals surface area (Å²) >= 11 is 0. The number of carboxylic acid groups (broad SMARTS) is 1. The molecule has 1 unspecified atom stereocenters. The Morgan fingerprint density at radius 3 is 2.43 bits per heavy atom. The first kappa shape index (κ1) is 10.7. The number of likely N-dealkylation sites (N-methyl/N-ethyl adjacent to an activating group) is 1. The van der Waals surface area contributed by atoms with Crippen molar-refractivity contribution in [1.29, 1.82) is 0 Å². The molecule has 76 valence electrons. The summed E-state index contributed by atoms with van der Waals surface area (Å²) in [6.07, 6.45) is 0. The molecular formula is C10H13NO3. The highest BCUT2D eigenvalue weighted by Gasteiger charge is 2.36. The maximum Gasteiger partial charge on any atom is 0.356 e. The maximum absolute atomic E-state index is 10.9. The number of nitrogens with one attached hydrogen (secondary N) is 1. The zero-order valence-electron chi connectivity index (χ0n) is 7.90. The Bertz CT molecular complexity index is 312. The molecule has 0 radical (unpaired) electrons. The maximum atomic E-state index is 10.9. The molecule has 0 aliphatic carbocycles. The Morgan fingerprint density at radius 2 is 2.00 bits per heavy atom. The number of hydrogen-bond acceptors (Lipinski definition) is 3. The highest BCUT2D eigenvalue weighted by Crippen LogP contribution is 2.17. The van der Waals surface area contributed by atoms with Gasteiger partial charge in [-0.1, -0.05) is 37.3 Å². The van der Waals surface area contributed by atoms with E-state index in [-0.39, 0.29) is 0 Å². The molecule has 0 aromatic heterocycles. The van der Waals surface area contributed by atoms with Crippen molar-refractivity contribution in [3.05, 3.63) is 35.9 Å². The van der Waals surface area contributed by atoms with Crippen molar-refractivity contribution in [3.8, 4) is 0 Å². The summed E-state index contributed by atoms with van der Waals surface area (Å²) in [6.45, 7) is 2.11. The number of hydrogen-bond donors (Lipinski definition) is 3. The molecule has 1 aromatic rings. The minimum absolute atomic E-state index is 0.328. The van der Waals surface area contributed by atoms with Crippen molar-refractivity contribution < 1.29 is 15.0 Å². The minimum Gasteiger partial charge on any atom is -0.478 e. The summed E-state index contributed by atoms with van der Waals surface area (Å²) in [5.41, 5.74) is -1.66. The highest BCUT2D eigenvalue weighted by atomic mass is 16.4. The lowest BCUT2D eigenvalue weighted by molar-refractivity contribution is -0.163. The first-order valence-corrected chi connectivity index (χ1v) is 4.37. The lowest BCUT2D eigenvalue weighted by Crippen LogP contribution is -2.49. The second-order valence-electron chi connectivity index (χ2n) is 2.91. The van der Waals surface area contributed by atoms with Crippen LogP contribution < -0.4 is 5.32 Å². The van der Waals surface area contributed by atoms with Crippen LogP contribution in [0.3, 0.4) is 0 Å². The van der Waals surface area contributed by atoms with Crippen LogP contribution in [-0.4, -0.2) is 22.7 Å². The van der Waals surface area contributed by atoms with Crippen molar-refractivity contribution in [2.75, 3.05) is 6.54 Å². The van der Waals surface area contributed by atoms with E-state index in [2.05, 4.69) is 5.32 Å². The van der Waals surface area contributed by atoms with Gasteiger partial charge in [-0.3, -0.25) is 5.32 Å². The van der Waals surface area contributed by atoms with Gasteiger partial charge < -0.3 is 10.2 Å². The van der Waals surface area contributed by atoms with Crippen LogP contribution in [0.2, 0.25) is 0 Å². The third kappa shape index (κ3) is 1.92. The van der Waals surface area contributed by atoms with E-state index in [9.17, 15) is 9.90 Å². The molecule has 0 spiro atoms. The fraction of sp³-hybridized carbons (Fsp3) is 0.300. The second kappa shape index (κ2) is 4.21. The van der Waals surface area contributed by atoms with Crippen LogP contribution in [0.15, 0.2) is 30.3 Å². The molecule has 14 heavy (non-hydrogen) atoms. The zero-order chi connectivity index (χ0) is 10.6. The molecule has 0 aliphatic rings. The minimum atomic E-state index is -1.99. The van der Waals surface area contributed by atoms with Crippen LogP contribution in [-0.2, 0) is 10.5 Å². The fourth-order valence-corrected chi connectivity index (χ4v) is 1.24. The smallest absolute Gasteiger partial charge is 0.356 e. The van der Waals surface area contributed by atoms with E-state index in [1.54, 1.807) is 37.3 Å². The third-order valence-electron chi connectivity index (χ3n) is 1.93. The molecule has 0 saturated heterocycles. The van der Waals surface area contributed by atoms with Gasteiger partial charge in [-0.05, 0) is 6.54 Å². The predicted octanol–water partition coefficient (Wildman–Crippen LogP) is 0.526. The van der Waals surface area contributed by atoms with E-state index in [4.69, 9.17) is 5.11 Å². The van der Waals surface area contributed by atoms with Gasteiger partial charge in [-0.2, -0.15) is 0 Å². The average Bonchev–Trinajstić information content (AvgIpc) is 2.19. The largest absolute Gasteiger partial charge is 0.478 e. The lowest BCUT2D eigenvalue weighted by atomic mass is 10.0. The molecule has 1 rings (SSSR count). The SMILES string of the molecule is CCNC(O)(C(=O)O)c1ccccc1. The number of carbonyl (C=O) groups is 1. The van der Waals surface area contributed by atoms with E-state index >= 15 is 0 Å². The lowest BCUT2D eigenvalue weighted by Gasteiger charge is -2.24.